The third kappa shape index (κ3) is 5.95. The van der Waals surface area contributed by atoms with E-state index >= 15 is 0 Å². The lowest BCUT2D eigenvalue weighted by atomic mass is 10.1. The van der Waals surface area contributed by atoms with Crippen LogP contribution in [0, 0.1) is 0 Å². The van der Waals surface area contributed by atoms with Crippen LogP contribution in [0.3, 0.4) is 0 Å². The number of hydrogen-bond donors (Lipinski definition) is 1. The molecule has 0 radical (unpaired) electrons. The maximum Gasteiger partial charge on any atom is 0.243 e. The number of hydrogen-bond acceptors (Lipinski definition) is 3. The molecule has 0 atom stereocenters. The molecule has 0 spiro atoms. The van der Waals surface area contributed by atoms with Gasteiger partial charge in [0.05, 0.1) is 4.90 Å². The molecule has 0 bridgehead atoms. The minimum Gasteiger partial charge on any atom is -0.351 e. The minimum atomic E-state index is -3.42. The maximum absolute atomic E-state index is 12.4. The molecule has 1 aromatic carbocycles. The highest BCUT2D eigenvalue weighted by atomic mass is 32.2. The number of nitrogens with zero attached hydrogens (tertiary/aromatic N) is 1. The lowest BCUT2D eigenvalue weighted by Crippen LogP contribution is -2.40. The minimum absolute atomic E-state index is 0.00246. The fourth-order valence-corrected chi connectivity index (χ4v) is 3.74. The standard InChI is InChI=1S/C17H28N2O3S/c1-6-19(7-2)23(21,22)15-11-8-14(9-12-15)10-13-16(20)18-17(3,4)5/h8-9,11-12H,6-7,10,13H2,1-5H3,(H,18,20). The topological polar surface area (TPSA) is 66.5 Å². The van der Waals surface area contributed by atoms with Crippen LogP contribution < -0.4 is 5.32 Å². The normalized spacial score (nSPS) is 12.4. The number of amides is 1. The molecule has 0 aliphatic heterocycles. The molecule has 1 N–H and O–H groups in total. The quantitative estimate of drug-likeness (QED) is 0.829. The number of rotatable bonds is 7. The Hall–Kier alpha value is -1.40. The van der Waals surface area contributed by atoms with Gasteiger partial charge in [0.15, 0.2) is 0 Å². The van der Waals surface area contributed by atoms with Gasteiger partial charge in [-0.25, -0.2) is 8.42 Å². The molecule has 0 aromatic heterocycles. The molecule has 0 saturated heterocycles. The summed E-state index contributed by atoms with van der Waals surface area (Å²) in [7, 11) is -3.42. The van der Waals surface area contributed by atoms with Crippen LogP contribution in [0.4, 0.5) is 0 Å². The Balaban J connectivity index is 2.72. The van der Waals surface area contributed by atoms with Gasteiger partial charge in [-0.3, -0.25) is 4.79 Å². The Morgan fingerprint density at radius 1 is 1.09 bits per heavy atom. The average molecular weight is 340 g/mol. The molecule has 1 amide bonds. The molecule has 0 aliphatic carbocycles. The third-order valence-electron chi connectivity index (χ3n) is 3.42. The molecule has 0 unspecified atom stereocenters. The molecule has 5 nitrogen and oxygen atoms in total. The lowest BCUT2D eigenvalue weighted by molar-refractivity contribution is -0.122. The molecule has 1 rings (SSSR count). The number of aryl methyl sites for hydroxylation is 1. The van der Waals surface area contributed by atoms with Crippen LogP contribution >= 0.6 is 0 Å². The summed E-state index contributed by atoms with van der Waals surface area (Å²) in [5, 5.41) is 2.91. The summed E-state index contributed by atoms with van der Waals surface area (Å²) in [5.41, 5.74) is 0.714. The van der Waals surface area contributed by atoms with Gasteiger partial charge in [0.1, 0.15) is 0 Å². The van der Waals surface area contributed by atoms with Crippen molar-refractivity contribution in [1.82, 2.24) is 9.62 Å². The first-order valence-electron chi connectivity index (χ1n) is 8.00. The summed E-state index contributed by atoms with van der Waals surface area (Å²) in [6.45, 7) is 10.4. The zero-order chi connectivity index (χ0) is 17.7. The number of benzene rings is 1. The smallest absolute Gasteiger partial charge is 0.243 e. The van der Waals surface area contributed by atoms with E-state index in [0.29, 0.717) is 30.8 Å². The summed E-state index contributed by atoms with van der Waals surface area (Å²) in [6.07, 6.45) is 0.979. The van der Waals surface area contributed by atoms with E-state index < -0.39 is 10.0 Å². The largest absolute Gasteiger partial charge is 0.351 e. The second-order valence-corrected chi connectivity index (χ2v) is 8.47. The highest BCUT2D eigenvalue weighted by molar-refractivity contribution is 7.89. The van der Waals surface area contributed by atoms with Crippen molar-refractivity contribution in [2.45, 2.75) is 57.9 Å². The Kier molecular flexibility index (Phi) is 6.77. The zero-order valence-electron chi connectivity index (χ0n) is 14.7. The van der Waals surface area contributed by atoms with Crippen LogP contribution in [0.15, 0.2) is 29.2 Å². The van der Waals surface area contributed by atoms with E-state index in [1.165, 1.54) is 4.31 Å². The van der Waals surface area contributed by atoms with E-state index in [9.17, 15) is 13.2 Å². The average Bonchev–Trinajstić information content (AvgIpc) is 2.45. The van der Waals surface area contributed by atoms with Crippen molar-refractivity contribution in [2.75, 3.05) is 13.1 Å². The van der Waals surface area contributed by atoms with E-state index in [4.69, 9.17) is 0 Å². The summed E-state index contributed by atoms with van der Waals surface area (Å²) in [6, 6.07) is 6.79. The molecule has 6 heteroatoms. The summed E-state index contributed by atoms with van der Waals surface area (Å²) in [5.74, 6) is -0.00246. The molecular formula is C17H28N2O3S. The first kappa shape index (κ1) is 19.6. The van der Waals surface area contributed by atoms with Crippen LogP contribution in [0.5, 0.6) is 0 Å². The number of carbonyl (C=O) groups is 1. The molecule has 23 heavy (non-hydrogen) atoms. The van der Waals surface area contributed by atoms with E-state index in [-0.39, 0.29) is 11.4 Å². The van der Waals surface area contributed by atoms with Crippen LogP contribution in [-0.4, -0.2) is 37.3 Å². The van der Waals surface area contributed by atoms with Gasteiger partial charge in [-0.1, -0.05) is 26.0 Å². The molecule has 1 aromatic rings. The Morgan fingerprint density at radius 3 is 2.04 bits per heavy atom. The predicted molar refractivity (Wildman–Crippen MR) is 92.8 cm³/mol. The molecule has 0 aliphatic rings. The van der Waals surface area contributed by atoms with Crippen molar-refractivity contribution < 1.29 is 13.2 Å². The van der Waals surface area contributed by atoms with Gasteiger partial charge in [0, 0.05) is 25.0 Å². The second-order valence-electron chi connectivity index (χ2n) is 6.53. The number of sulfonamides is 1. The first-order valence-corrected chi connectivity index (χ1v) is 9.44. The van der Waals surface area contributed by atoms with Crippen molar-refractivity contribution >= 4 is 15.9 Å². The van der Waals surface area contributed by atoms with Crippen LogP contribution in [-0.2, 0) is 21.2 Å². The van der Waals surface area contributed by atoms with Crippen LogP contribution in [0.1, 0.15) is 46.6 Å². The number of carbonyl (C=O) groups excluding carboxylic acids is 1. The zero-order valence-corrected chi connectivity index (χ0v) is 15.5. The fraction of sp³-hybridized carbons (Fsp3) is 0.588. The Labute approximate surface area is 140 Å². The van der Waals surface area contributed by atoms with Crippen LogP contribution in [0.25, 0.3) is 0 Å². The number of nitrogens with one attached hydrogen (secondary N) is 1. The second kappa shape index (κ2) is 7.93. The summed E-state index contributed by atoms with van der Waals surface area (Å²) in [4.78, 5) is 12.1. The first-order chi connectivity index (χ1) is 10.6. The van der Waals surface area contributed by atoms with E-state index in [0.717, 1.165) is 5.56 Å². The van der Waals surface area contributed by atoms with Crippen molar-refractivity contribution in [2.24, 2.45) is 0 Å². The molecular weight excluding hydrogens is 312 g/mol. The third-order valence-corrected chi connectivity index (χ3v) is 5.49. The molecule has 0 saturated carbocycles. The van der Waals surface area contributed by atoms with Gasteiger partial charge >= 0.3 is 0 Å². The molecule has 130 valence electrons. The predicted octanol–water partition coefficient (Wildman–Crippen LogP) is 2.56. The van der Waals surface area contributed by atoms with Crippen molar-refractivity contribution in [3.8, 4) is 0 Å². The van der Waals surface area contributed by atoms with Gasteiger partial charge in [-0.05, 0) is 44.9 Å². The Morgan fingerprint density at radius 2 is 1.61 bits per heavy atom. The monoisotopic (exact) mass is 340 g/mol. The van der Waals surface area contributed by atoms with Gasteiger partial charge < -0.3 is 5.32 Å². The van der Waals surface area contributed by atoms with E-state index in [2.05, 4.69) is 5.32 Å². The molecule has 0 heterocycles. The Bertz CT molecular complexity index is 612. The molecule has 0 fully saturated rings. The van der Waals surface area contributed by atoms with Gasteiger partial charge in [-0.2, -0.15) is 4.31 Å². The highest BCUT2D eigenvalue weighted by Crippen LogP contribution is 2.17. The SMILES string of the molecule is CCN(CC)S(=O)(=O)c1ccc(CCC(=O)NC(C)(C)C)cc1. The van der Waals surface area contributed by atoms with Gasteiger partial charge in [0.25, 0.3) is 0 Å². The van der Waals surface area contributed by atoms with Crippen molar-refractivity contribution in [1.29, 1.82) is 0 Å². The van der Waals surface area contributed by atoms with E-state index in [1.54, 1.807) is 24.3 Å². The van der Waals surface area contributed by atoms with Crippen molar-refractivity contribution in [3.63, 3.8) is 0 Å². The van der Waals surface area contributed by atoms with Gasteiger partial charge in [-0.15, -0.1) is 0 Å². The summed E-state index contributed by atoms with van der Waals surface area (Å²) < 4.78 is 26.2. The maximum atomic E-state index is 12.4. The van der Waals surface area contributed by atoms with Crippen LogP contribution in [0.2, 0.25) is 0 Å². The van der Waals surface area contributed by atoms with E-state index in [1.807, 2.05) is 34.6 Å². The highest BCUT2D eigenvalue weighted by Gasteiger charge is 2.21. The van der Waals surface area contributed by atoms with Gasteiger partial charge in [0.2, 0.25) is 15.9 Å². The van der Waals surface area contributed by atoms with Crippen molar-refractivity contribution in [3.05, 3.63) is 29.8 Å². The fourth-order valence-electron chi connectivity index (χ4n) is 2.28. The lowest BCUT2D eigenvalue weighted by Gasteiger charge is -2.20. The summed E-state index contributed by atoms with van der Waals surface area (Å²) >= 11 is 0.